The molecule has 11 aromatic rings. The maximum absolute atomic E-state index is 6.17. The van der Waals surface area contributed by atoms with Gasteiger partial charge < -0.3 is 8.98 Å². The van der Waals surface area contributed by atoms with Crippen LogP contribution >= 0.6 is 11.3 Å². The predicted octanol–water partition coefficient (Wildman–Crippen LogP) is 13.5. The number of rotatable bonds is 2. The van der Waals surface area contributed by atoms with Crippen LogP contribution in [0.5, 0.6) is 0 Å². The summed E-state index contributed by atoms with van der Waals surface area (Å²) >= 11 is 1.87. The summed E-state index contributed by atoms with van der Waals surface area (Å²) in [6.07, 6.45) is 0. The van der Waals surface area contributed by atoms with Crippen LogP contribution in [0.4, 0.5) is 0 Å². The van der Waals surface area contributed by atoms with E-state index in [2.05, 4.69) is 144 Å². The topological polar surface area (TPSA) is 18.1 Å². The van der Waals surface area contributed by atoms with E-state index >= 15 is 0 Å². The smallest absolute Gasteiger partial charge is 0.135 e. The Hall–Kier alpha value is -6.16. The van der Waals surface area contributed by atoms with E-state index < -0.39 is 0 Å². The Bertz CT molecular complexity index is 3230. The van der Waals surface area contributed by atoms with Crippen molar-refractivity contribution in [1.29, 1.82) is 0 Å². The number of thiophene rings is 1. The van der Waals surface area contributed by atoms with E-state index in [1.54, 1.807) is 0 Å². The third-order valence-corrected chi connectivity index (χ3v) is 11.9. The van der Waals surface area contributed by atoms with Gasteiger partial charge in [-0.2, -0.15) is 0 Å². The zero-order valence-electron chi connectivity index (χ0n) is 26.2. The lowest BCUT2D eigenvalue weighted by Crippen LogP contribution is -1.94. The minimum atomic E-state index is 0.920. The molecule has 0 unspecified atom stereocenters. The van der Waals surface area contributed by atoms with Gasteiger partial charge in [-0.15, -0.1) is 11.3 Å². The van der Waals surface area contributed by atoms with Gasteiger partial charge in [-0.1, -0.05) is 97.1 Å². The first kappa shape index (κ1) is 25.9. The number of aromatic nitrogens is 1. The molecule has 3 aromatic heterocycles. The third kappa shape index (κ3) is 3.40. The van der Waals surface area contributed by atoms with E-state index in [0.717, 1.165) is 21.9 Å². The number of hydrogen-bond donors (Lipinski definition) is 0. The summed E-state index contributed by atoms with van der Waals surface area (Å²) in [7, 11) is 0. The van der Waals surface area contributed by atoms with Crippen LogP contribution in [-0.2, 0) is 0 Å². The second-order valence-corrected chi connectivity index (χ2v) is 14.3. The Balaban J connectivity index is 1.18. The molecule has 0 saturated carbocycles. The summed E-state index contributed by atoms with van der Waals surface area (Å²) in [5.74, 6) is 0. The summed E-state index contributed by atoms with van der Waals surface area (Å²) in [5.41, 5.74) is 13.1. The zero-order valence-corrected chi connectivity index (χ0v) is 27.0. The normalized spacial score (nSPS) is 12.5. The minimum absolute atomic E-state index is 0.920. The maximum Gasteiger partial charge on any atom is 0.135 e. The van der Waals surface area contributed by atoms with Gasteiger partial charge in [0.15, 0.2) is 0 Å². The standard InChI is InChI=1S/C46H25NOS/c1-2-9-30-29(8-1)34-12-7-13-35-45(34)37(30)25-40-46(35)38-23-26(27-17-21-42-36(22-27)31-10-3-5-14-41(31)48-42)16-20-39(38)47(40)28-18-19-33-32-11-4-6-15-43(32)49-44(33)24-28/h1-25H. The van der Waals surface area contributed by atoms with Crippen LogP contribution in [0.15, 0.2) is 156 Å². The van der Waals surface area contributed by atoms with Crippen molar-refractivity contribution in [1.82, 2.24) is 4.57 Å². The summed E-state index contributed by atoms with van der Waals surface area (Å²) < 4.78 is 11.3. The van der Waals surface area contributed by atoms with Crippen molar-refractivity contribution in [2.75, 3.05) is 0 Å². The molecule has 0 spiro atoms. The highest BCUT2D eigenvalue weighted by atomic mass is 32.1. The molecular weight excluding hydrogens is 615 g/mol. The first-order valence-corrected chi connectivity index (χ1v) is 17.6. The number of fused-ring (bicyclic) bond motifs is 13. The minimum Gasteiger partial charge on any atom is -0.456 e. The predicted molar refractivity (Wildman–Crippen MR) is 208 cm³/mol. The molecule has 12 rings (SSSR count). The molecule has 0 aliphatic heterocycles. The lowest BCUT2D eigenvalue weighted by molar-refractivity contribution is 0.669. The van der Waals surface area contributed by atoms with Gasteiger partial charge in [0.05, 0.1) is 11.0 Å². The van der Waals surface area contributed by atoms with Crippen LogP contribution in [0.2, 0.25) is 0 Å². The molecule has 8 aromatic carbocycles. The van der Waals surface area contributed by atoms with Crippen LogP contribution in [0.1, 0.15) is 0 Å². The van der Waals surface area contributed by atoms with Gasteiger partial charge >= 0.3 is 0 Å². The van der Waals surface area contributed by atoms with Gasteiger partial charge in [0.1, 0.15) is 11.2 Å². The largest absolute Gasteiger partial charge is 0.456 e. The second kappa shape index (κ2) is 9.25. The molecule has 226 valence electrons. The van der Waals surface area contributed by atoms with Gasteiger partial charge in [-0.25, -0.2) is 0 Å². The van der Waals surface area contributed by atoms with Gasteiger partial charge in [0.25, 0.3) is 0 Å². The molecule has 0 saturated heterocycles. The molecule has 0 N–H and O–H groups in total. The van der Waals surface area contributed by atoms with E-state index in [0.29, 0.717) is 0 Å². The van der Waals surface area contributed by atoms with Crippen molar-refractivity contribution in [2.45, 2.75) is 0 Å². The molecule has 0 fully saturated rings. The number of nitrogens with zero attached hydrogens (tertiary/aromatic N) is 1. The number of furan rings is 1. The molecule has 3 heteroatoms. The highest BCUT2D eigenvalue weighted by Crippen LogP contribution is 2.51. The van der Waals surface area contributed by atoms with E-state index in [4.69, 9.17) is 4.42 Å². The van der Waals surface area contributed by atoms with Crippen molar-refractivity contribution in [2.24, 2.45) is 0 Å². The van der Waals surface area contributed by atoms with Crippen molar-refractivity contribution in [3.05, 3.63) is 152 Å². The molecule has 0 bridgehead atoms. The summed E-state index contributed by atoms with van der Waals surface area (Å²) in [4.78, 5) is 0. The van der Waals surface area contributed by atoms with Gasteiger partial charge in [0, 0.05) is 47.4 Å². The summed E-state index contributed by atoms with van der Waals surface area (Å²) in [6, 6.07) is 55.8. The van der Waals surface area contributed by atoms with Crippen LogP contribution in [-0.4, -0.2) is 4.57 Å². The van der Waals surface area contributed by atoms with Crippen molar-refractivity contribution >= 4 is 86.0 Å². The van der Waals surface area contributed by atoms with E-state index in [1.807, 2.05) is 23.5 Å². The van der Waals surface area contributed by atoms with E-state index in [9.17, 15) is 0 Å². The van der Waals surface area contributed by atoms with Gasteiger partial charge in [0.2, 0.25) is 0 Å². The monoisotopic (exact) mass is 639 g/mol. The fraction of sp³-hybridized carbons (Fsp3) is 0. The highest BCUT2D eigenvalue weighted by Gasteiger charge is 2.25. The quantitative estimate of drug-likeness (QED) is 0.184. The fourth-order valence-electron chi connectivity index (χ4n) is 8.60. The first-order valence-electron chi connectivity index (χ1n) is 16.8. The molecule has 1 aliphatic carbocycles. The molecular formula is C46H25NOS. The number of para-hydroxylation sites is 1. The fourth-order valence-corrected chi connectivity index (χ4v) is 9.74. The van der Waals surface area contributed by atoms with Crippen LogP contribution in [0.25, 0.3) is 114 Å². The van der Waals surface area contributed by atoms with Crippen molar-refractivity contribution in [3.63, 3.8) is 0 Å². The van der Waals surface area contributed by atoms with Crippen LogP contribution in [0, 0.1) is 0 Å². The van der Waals surface area contributed by atoms with Crippen molar-refractivity contribution in [3.8, 4) is 39.1 Å². The Kier molecular flexibility index (Phi) is 4.89. The lowest BCUT2D eigenvalue weighted by atomic mass is 9.96. The molecule has 0 amide bonds. The SMILES string of the molecule is c1ccc2c(c1)-c1cccc3c1c-2cc1c3c2cc(-c3ccc4oc5ccccc5c4c3)ccc2n1-c1ccc2c(c1)sc1ccccc12. The highest BCUT2D eigenvalue weighted by molar-refractivity contribution is 7.25. The molecule has 0 atom stereocenters. The van der Waals surface area contributed by atoms with Crippen molar-refractivity contribution < 1.29 is 4.42 Å². The molecule has 0 radical (unpaired) electrons. The van der Waals surface area contributed by atoms with Gasteiger partial charge in [-0.3, -0.25) is 0 Å². The molecule has 1 aliphatic rings. The maximum atomic E-state index is 6.17. The average molecular weight is 640 g/mol. The summed E-state index contributed by atoms with van der Waals surface area (Å²) in [6.45, 7) is 0. The van der Waals surface area contributed by atoms with Gasteiger partial charge in [-0.05, 0) is 98.8 Å². The first-order chi connectivity index (χ1) is 24.3. The Morgan fingerprint density at radius 3 is 2.00 bits per heavy atom. The Morgan fingerprint density at radius 1 is 0.388 bits per heavy atom. The second-order valence-electron chi connectivity index (χ2n) is 13.2. The molecule has 2 nitrogen and oxygen atoms in total. The van der Waals surface area contributed by atoms with Crippen LogP contribution < -0.4 is 0 Å². The lowest BCUT2D eigenvalue weighted by Gasteiger charge is -2.10. The Morgan fingerprint density at radius 2 is 1.08 bits per heavy atom. The van der Waals surface area contributed by atoms with E-state index in [1.165, 1.54) is 91.8 Å². The molecule has 49 heavy (non-hydrogen) atoms. The molecule has 3 heterocycles. The Labute approximate surface area is 284 Å². The average Bonchev–Trinajstić information content (AvgIpc) is 3.89. The van der Waals surface area contributed by atoms with Crippen LogP contribution in [0.3, 0.4) is 0 Å². The summed E-state index contributed by atoms with van der Waals surface area (Å²) in [5, 5.41) is 10.2. The number of hydrogen-bond acceptors (Lipinski definition) is 2. The zero-order chi connectivity index (χ0) is 31.8. The third-order valence-electron chi connectivity index (χ3n) is 10.7. The van der Waals surface area contributed by atoms with E-state index in [-0.39, 0.29) is 0 Å². The number of benzene rings is 8.